The lowest BCUT2D eigenvalue weighted by Gasteiger charge is -2.20. The summed E-state index contributed by atoms with van der Waals surface area (Å²) in [7, 11) is 3.76. The molecule has 0 amide bonds. The van der Waals surface area contributed by atoms with Gasteiger partial charge < -0.3 is 14.4 Å². The molecule has 100 valence electrons. The average Bonchev–Trinajstić information content (AvgIpc) is 2.37. The van der Waals surface area contributed by atoms with E-state index in [1.807, 2.05) is 6.07 Å². The first-order valence-corrected chi connectivity index (χ1v) is 6.46. The van der Waals surface area contributed by atoms with Crippen LogP contribution >= 0.6 is 0 Å². The predicted molar refractivity (Wildman–Crippen MR) is 75.6 cm³/mol. The molecule has 0 atom stereocenters. The second-order valence-corrected chi connectivity index (χ2v) is 4.58. The lowest BCUT2D eigenvalue weighted by atomic mass is 10.1. The summed E-state index contributed by atoms with van der Waals surface area (Å²) in [4.78, 5) is 13.1. The molecule has 0 saturated heterocycles. The molecule has 0 radical (unpaired) electrons. The van der Waals surface area contributed by atoms with Crippen LogP contribution in [0.5, 0.6) is 5.75 Å². The monoisotopic (exact) mass is 249 g/mol. The highest BCUT2D eigenvalue weighted by atomic mass is 16.5. The minimum atomic E-state index is 0.257. The third-order valence-electron chi connectivity index (χ3n) is 3.11. The number of carbonyl (C=O) groups excluding carboxylic acids is 1. The molecule has 3 nitrogen and oxygen atoms in total. The number of anilines is 1. The Balaban J connectivity index is 2.67. The zero-order valence-electron chi connectivity index (χ0n) is 11.8. The van der Waals surface area contributed by atoms with Crippen molar-refractivity contribution in [2.45, 2.75) is 33.1 Å². The average molecular weight is 249 g/mol. The molecule has 0 aliphatic heterocycles. The molecule has 0 aliphatic carbocycles. The highest BCUT2D eigenvalue weighted by Gasteiger charge is 2.06. The summed E-state index contributed by atoms with van der Waals surface area (Å²) in [5.74, 6) is 1.20. The minimum absolute atomic E-state index is 0.257. The molecule has 1 rings (SSSR count). The Labute approximate surface area is 110 Å². The van der Waals surface area contributed by atoms with Crippen molar-refractivity contribution >= 4 is 11.5 Å². The van der Waals surface area contributed by atoms with Gasteiger partial charge in [0.15, 0.2) is 0 Å². The van der Waals surface area contributed by atoms with E-state index in [4.69, 9.17) is 4.74 Å². The van der Waals surface area contributed by atoms with Crippen LogP contribution in [0.4, 0.5) is 5.69 Å². The molecule has 0 fully saturated rings. The van der Waals surface area contributed by atoms with Gasteiger partial charge in [-0.25, -0.2) is 0 Å². The number of ether oxygens (including phenoxy) is 1. The van der Waals surface area contributed by atoms with Gasteiger partial charge in [0.2, 0.25) is 0 Å². The van der Waals surface area contributed by atoms with E-state index in [9.17, 15) is 4.79 Å². The van der Waals surface area contributed by atoms with Crippen molar-refractivity contribution in [1.29, 1.82) is 0 Å². The number of ketones is 1. The van der Waals surface area contributed by atoms with Crippen LogP contribution in [0.3, 0.4) is 0 Å². The number of hydrogen-bond donors (Lipinski definition) is 0. The number of hydrogen-bond acceptors (Lipinski definition) is 3. The molecule has 0 bridgehead atoms. The minimum Gasteiger partial charge on any atom is -0.496 e. The van der Waals surface area contributed by atoms with Gasteiger partial charge in [-0.1, -0.05) is 6.92 Å². The molecule has 1 aromatic rings. The van der Waals surface area contributed by atoms with Crippen molar-refractivity contribution in [3.63, 3.8) is 0 Å². The zero-order chi connectivity index (χ0) is 13.5. The smallest absolute Gasteiger partial charge is 0.129 e. The van der Waals surface area contributed by atoms with Crippen LogP contribution < -0.4 is 9.64 Å². The molecule has 0 N–H and O–H groups in total. The first-order valence-electron chi connectivity index (χ1n) is 6.46. The number of methoxy groups -OCH3 is 1. The lowest BCUT2D eigenvalue weighted by Crippen LogP contribution is -2.19. The quantitative estimate of drug-likeness (QED) is 0.744. The Hall–Kier alpha value is -1.51. The van der Waals surface area contributed by atoms with Gasteiger partial charge in [0.05, 0.1) is 7.11 Å². The van der Waals surface area contributed by atoms with Crippen molar-refractivity contribution in [1.82, 2.24) is 0 Å². The number of rotatable bonds is 7. The Morgan fingerprint density at radius 3 is 2.67 bits per heavy atom. The summed E-state index contributed by atoms with van der Waals surface area (Å²) in [6.45, 7) is 4.66. The van der Waals surface area contributed by atoms with Crippen LogP contribution in [0.25, 0.3) is 0 Å². The summed E-state index contributed by atoms with van der Waals surface area (Å²) in [5.41, 5.74) is 2.39. The van der Waals surface area contributed by atoms with E-state index in [1.165, 1.54) is 11.3 Å². The van der Waals surface area contributed by atoms with Crippen LogP contribution in [0.2, 0.25) is 0 Å². The summed E-state index contributed by atoms with van der Waals surface area (Å²) in [6.07, 6.45) is 2.51. The van der Waals surface area contributed by atoms with Gasteiger partial charge in [-0.15, -0.1) is 0 Å². The van der Waals surface area contributed by atoms with Crippen LogP contribution in [-0.4, -0.2) is 26.5 Å². The maximum atomic E-state index is 10.9. The highest BCUT2D eigenvalue weighted by molar-refractivity contribution is 5.75. The molecule has 3 heteroatoms. The maximum Gasteiger partial charge on any atom is 0.129 e. The fourth-order valence-electron chi connectivity index (χ4n) is 1.97. The Morgan fingerprint density at radius 2 is 2.11 bits per heavy atom. The number of carbonyl (C=O) groups is 1. The van der Waals surface area contributed by atoms with E-state index in [2.05, 4.69) is 31.0 Å². The van der Waals surface area contributed by atoms with Crippen molar-refractivity contribution in [3.05, 3.63) is 23.8 Å². The molecule has 0 aromatic heterocycles. The number of Topliss-reactive ketones (excluding diaryl/α,β-unsaturated/α-hetero) is 1. The maximum absolute atomic E-state index is 10.9. The first kappa shape index (κ1) is 14.6. The number of aryl methyl sites for hydroxylation is 1. The topological polar surface area (TPSA) is 29.5 Å². The SMILES string of the molecule is CCc1cc(N(C)CCCC(C)=O)ccc1OC. The van der Waals surface area contributed by atoms with E-state index >= 15 is 0 Å². The van der Waals surface area contributed by atoms with Crippen molar-refractivity contribution < 1.29 is 9.53 Å². The van der Waals surface area contributed by atoms with E-state index in [1.54, 1.807) is 14.0 Å². The van der Waals surface area contributed by atoms with Gasteiger partial charge in [-0.2, -0.15) is 0 Å². The third-order valence-corrected chi connectivity index (χ3v) is 3.11. The van der Waals surface area contributed by atoms with Gasteiger partial charge in [0.25, 0.3) is 0 Å². The second-order valence-electron chi connectivity index (χ2n) is 4.58. The van der Waals surface area contributed by atoms with E-state index in [-0.39, 0.29) is 5.78 Å². The highest BCUT2D eigenvalue weighted by Crippen LogP contribution is 2.25. The number of benzene rings is 1. The second kappa shape index (κ2) is 7.04. The molecule has 0 heterocycles. The van der Waals surface area contributed by atoms with Crippen molar-refractivity contribution in [2.24, 2.45) is 0 Å². The molecule has 1 aromatic carbocycles. The summed E-state index contributed by atoms with van der Waals surface area (Å²) in [6, 6.07) is 6.23. The Bertz CT molecular complexity index is 401. The van der Waals surface area contributed by atoms with Gasteiger partial charge in [0.1, 0.15) is 11.5 Å². The van der Waals surface area contributed by atoms with Crippen LogP contribution in [0, 0.1) is 0 Å². The standard InChI is InChI=1S/C15H23NO2/c1-5-13-11-14(8-9-15(13)18-4)16(3)10-6-7-12(2)17/h8-9,11H,5-7,10H2,1-4H3. The fraction of sp³-hybridized carbons (Fsp3) is 0.533. The lowest BCUT2D eigenvalue weighted by molar-refractivity contribution is -0.117. The van der Waals surface area contributed by atoms with Crippen LogP contribution in [0.1, 0.15) is 32.3 Å². The molecular formula is C15H23NO2. The van der Waals surface area contributed by atoms with E-state index < -0.39 is 0 Å². The molecule has 0 aliphatic rings. The van der Waals surface area contributed by atoms with E-state index in [0.29, 0.717) is 6.42 Å². The molecule has 0 unspecified atom stereocenters. The van der Waals surface area contributed by atoms with Gasteiger partial charge in [-0.3, -0.25) is 0 Å². The van der Waals surface area contributed by atoms with Crippen molar-refractivity contribution in [3.8, 4) is 5.75 Å². The van der Waals surface area contributed by atoms with E-state index in [0.717, 1.165) is 25.1 Å². The Morgan fingerprint density at radius 1 is 1.39 bits per heavy atom. The normalized spacial score (nSPS) is 10.2. The zero-order valence-corrected chi connectivity index (χ0v) is 11.8. The first-order chi connectivity index (χ1) is 8.58. The van der Waals surface area contributed by atoms with Crippen LogP contribution in [-0.2, 0) is 11.2 Å². The third kappa shape index (κ3) is 4.06. The Kier molecular flexibility index (Phi) is 5.69. The van der Waals surface area contributed by atoms with Gasteiger partial charge in [-0.05, 0) is 43.5 Å². The van der Waals surface area contributed by atoms with Gasteiger partial charge >= 0.3 is 0 Å². The summed E-state index contributed by atoms with van der Waals surface area (Å²) in [5, 5.41) is 0. The summed E-state index contributed by atoms with van der Waals surface area (Å²) < 4.78 is 5.32. The molecular weight excluding hydrogens is 226 g/mol. The number of nitrogens with zero attached hydrogens (tertiary/aromatic N) is 1. The molecule has 18 heavy (non-hydrogen) atoms. The predicted octanol–water partition coefficient (Wildman–Crippen LogP) is 3.06. The molecule has 0 saturated carbocycles. The van der Waals surface area contributed by atoms with Crippen LogP contribution in [0.15, 0.2) is 18.2 Å². The largest absolute Gasteiger partial charge is 0.496 e. The van der Waals surface area contributed by atoms with Crippen molar-refractivity contribution in [2.75, 3.05) is 25.6 Å². The van der Waals surface area contributed by atoms with Gasteiger partial charge in [0, 0.05) is 25.7 Å². The summed E-state index contributed by atoms with van der Waals surface area (Å²) >= 11 is 0. The molecule has 0 spiro atoms. The fourth-order valence-corrected chi connectivity index (χ4v) is 1.97.